The Kier molecular flexibility index (Phi) is 6.64. The summed E-state index contributed by atoms with van der Waals surface area (Å²) in [6.45, 7) is 1.99. The van der Waals surface area contributed by atoms with Gasteiger partial charge in [0.05, 0.1) is 0 Å². The van der Waals surface area contributed by atoms with Crippen LogP contribution >= 0.6 is 11.6 Å². The van der Waals surface area contributed by atoms with Crippen molar-refractivity contribution in [2.45, 2.75) is 38.6 Å². The number of carbonyl (C=O) groups is 1. The van der Waals surface area contributed by atoms with Gasteiger partial charge in [-0.05, 0) is 0 Å². The van der Waals surface area contributed by atoms with E-state index in [9.17, 15) is 4.79 Å². The minimum atomic E-state index is -0.237. The molecule has 0 heterocycles. The van der Waals surface area contributed by atoms with Crippen LogP contribution in [0.2, 0.25) is 5.02 Å². The van der Waals surface area contributed by atoms with Gasteiger partial charge in [-0.15, -0.1) is 0 Å². The Balaban J connectivity index is 2.77. The molecule has 1 radical (unpaired) electrons. The number of anilines is 2. The van der Waals surface area contributed by atoms with E-state index in [1.807, 2.05) is 13.0 Å². The van der Waals surface area contributed by atoms with Gasteiger partial charge in [0.25, 0.3) is 0 Å². The van der Waals surface area contributed by atoms with E-state index in [-0.39, 0.29) is 11.8 Å². The van der Waals surface area contributed by atoms with Gasteiger partial charge >= 0.3 is 120 Å². The van der Waals surface area contributed by atoms with Gasteiger partial charge < -0.3 is 0 Å². The van der Waals surface area contributed by atoms with Crippen molar-refractivity contribution in [1.82, 2.24) is 0 Å². The summed E-state index contributed by atoms with van der Waals surface area (Å²) in [5.41, 5.74) is 6.98. The van der Waals surface area contributed by atoms with E-state index in [1.54, 1.807) is 18.1 Å². The number of nitrogens with two attached hydrogens (primary N) is 1. The van der Waals surface area contributed by atoms with Gasteiger partial charge in [-0.25, -0.2) is 0 Å². The van der Waals surface area contributed by atoms with E-state index in [0.29, 0.717) is 30.0 Å². The fourth-order valence-electron chi connectivity index (χ4n) is 1.82. The first kappa shape index (κ1) is 15.8. The molecule has 0 aliphatic heterocycles. The molecule has 1 atom stereocenters. The van der Waals surface area contributed by atoms with E-state index in [1.165, 1.54) is 0 Å². The zero-order valence-electron chi connectivity index (χ0n) is 11.2. The topological polar surface area (TPSA) is 55.1 Å². The fourth-order valence-corrected chi connectivity index (χ4v) is 2.00. The van der Waals surface area contributed by atoms with E-state index in [0.717, 1.165) is 12.1 Å². The second kappa shape index (κ2) is 8.00. The van der Waals surface area contributed by atoms with Gasteiger partial charge in [-0.1, -0.05) is 0 Å². The number of halogens is 1. The molecule has 19 heavy (non-hydrogen) atoms. The van der Waals surface area contributed by atoms with Crippen LogP contribution in [0.25, 0.3) is 0 Å². The summed E-state index contributed by atoms with van der Waals surface area (Å²) in [5.74, 6) is 1.77. The summed E-state index contributed by atoms with van der Waals surface area (Å²) < 4.78 is 0. The zero-order valence-corrected chi connectivity index (χ0v) is 11.9. The Morgan fingerprint density at radius 2 is 2.32 bits per heavy atom. The summed E-state index contributed by atoms with van der Waals surface area (Å²) in [4.78, 5) is 12.0. The normalized spacial score (nSPS) is 11.8. The molecule has 1 aromatic carbocycles. The Bertz CT molecular complexity index is 451. The van der Waals surface area contributed by atoms with Crippen LogP contribution in [0, 0.1) is 0 Å². The van der Waals surface area contributed by atoms with Gasteiger partial charge in [0, 0.05) is 0 Å². The first-order valence-corrected chi connectivity index (χ1v) is 6.84. The molecule has 0 aliphatic carbocycles. The van der Waals surface area contributed by atoms with Gasteiger partial charge in [-0.3, -0.25) is 0 Å². The van der Waals surface area contributed by atoms with Crippen LogP contribution in [0.15, 0.2) is 18.2 Å². The number of nitrogens with one attached hydrogen (secondary N) is 1. The average molecular weight is 278 g/mol. The second-order valence-electron chi connectivity index (χ2n) is 4.46. The first-order chi connectivity index (χ1) is 9.08. The molecule has 1 unspecified atom stereocenters. The predicted molar refractivity (Wildman–Crippen MR) is 84.2 cm³/mol. The van der Waals surface area contributed by atoms with E-state index >= 15 is 0 Å². The maximum atomic E-state index is 12.0. The van der Waals surface area contributed by atoms with Gasteiger partial charge in [-0.2, -0.15) is 0 Å². The van der Waals surface area contributed by atoms with Gasteiger partial charge in [0.15, 0.2) is 0 Å². The molecule has 0 spiro atoms. The summed E-state index contributed by atoms with van der Waals surface area (Å²) in [7, 11) is 5.39. The van der Waals surface area contributed by atoms with E-state index in [2.05, 4.69) is 5.32 Å². The van der Waals surface area contributed by atoms with Crippen molar-refractivity contribution in [3.05, 3.63) is 23.2 Å². The molecule has 0 fully saturated rings. The Morgan fingerprint density at radius 1 is 1.58 bits per heavy atom. The summed E-state index contributed by atoms with van der Waals surface area (Å²) in [5, 5.41) is 3.68. The van der Waals surface area contributed by atoms with Crippen molar-refractivity contribution < 1.29 is 4.79 Å². The SMILES string of the molecule is [B]=CCCC(Nc1ccc(N)c(Cl)c1)C(=O)CCC. The van der Waals surface area contributed by atoms with Crippen molar-refractivity contribution in [2.24, 2.45) is 0 Å². The molecule has 5 heteroatoms. The fraction of sp³-hybridized carbons (Fsp3) is 0.429. The Morgan fingerprint density at radius 3 is 2.89 bits per heavy atom. The summed E-state index contributed by atoms with van der Waals surface area (Å²) >= 11 is 5.97. The maximum absolute atomic E-state index is 12.0. The first-order valence-electron chi connectivity index (χ1n) is 6.46. The number of carbonyl (C=O) groups excluding carboxylic acids is 1. The van der Waals surface area contributed by atoms with E-state index in [4.69, 9.17) is 24.8 Å². The average Bonchev–Trinajstić information content (AvgIpc) is 2.39. The molecule has 1 aromatic rings. The van der Waals surface area contributed by atoms with Crippen LogP contribution in [-0.4, -0.2) is 25.3 Å². The monoisotopic (exact) mass is 277 g/mol. The number of hydrogen-bond acceptors (Lipinski definition) is 3. The molecular formula is C14H19BClN2O. The molecule has 0 saturated carbocycles. The molecular weight excluding hydrogens is 258 g/mol. The molecule has 1 rings (SSSR count). The molecule has 0 aliphatic rings. The predicted octanol–water partition coefficient (Wildman–Crippen LogP) is 2.82. The minimum absolute atomic E-state index is 0.192. The van der Waals surface area contributed by atoms with Gasteiger partial charge in [0.1, 0.15) is 0 Å². The molecule has 101 valence electrons. The van der Waals surface area contributed by atoms with Crippen LogP contribution in [0.1, 0.15) is 32.6 Å². The number of hydrogen-bond donors (Lipinski definition) is 2. The Labute approximate surface area is 120 Å². The summed E-state index contributed by atoms with van der Waals surface area (Å²) in [6.07, 6.45) is 2.77. The number of Topliss-reactive ketones (excluding diaryl/α,β-unsaturated/α-hetero) is 1. The van der Waals surface area contributed by atoms with Crippen molar-refractivity contribution in [3.8, 4) is 0 Å². The molecule has 3 N–H and O–H groups in total. The second-order valence-corrected chi connectivity index (χ2v) is 4.87. The number of ketones is 1. The molecule has 0 amide bonds. The van der Waals surface area contributed by atoms with Crippen molar-refractivity contribution >= 4 is 42.2 Å². The van der Waals surface area contributed by atoms with E-state index < -0.39 is 0 Å². The zero-order chi connectivity index (χ0) is 14.3. The third-order valence-corrected chi connectivity index (χ3v) is 3.18. The number of benzene rings is 1. The van der Waals surface area contributed by atoms with Crippen LogP contribution in [-0.2, 0) is 4.79 Å². The molecule has 0 aromatic heterocycles. The van der Waals surface area contributed by atoms with Crippen LogP contribution in [0.5, 0.6) is 0 Å². The van der Waals surface area contributed by atoms with Crippen LogP contribution in [0.4, 0.5) is 11.4 Å². The van der Waals surface area contributed by atoms with Crippen molar-refractivity contribution in [2.75, 3.05) is 11.1 Å². The molecule has 3 nitrogen and oxygen atoms in total. The van der Waals surface area contributed by atoms with Crippen LogP contribution < -0.4 is 11.1 Å². The standard InChI is InChI=1S/C14H19BClN2O/c1-2-4-14(19)13(5-3-8-15)18-10-6-7-12(17)11(16)9-10/h6-9,13,18H,2-5,17H2,1H3. The summed E-state index contributed by atoms with van der Waals surface area (Å²) in [6, 6.07) is 5.04. The molecule has 0 bridgehead atoms. The number of rotatable bonds is 8. The van der Waals surface area contributed by atoms with Crippen LogP contribution in [0.3, 0.4) is 0 Å². The quantitative estimate of drug-likeness (QED) is 0.567. The third kappa shape index (κ3) is 5.07. The van der Waals surface area contributed by atoms with Crippen molar-refractivity contribution in [1.29, 1.82) is 0 Å². The van der Waals surface area contributed by atoms with Gasteiger partial charge in [0.2, 0.25) is 0 Å². The Hall–Kier alpha value is -1.29. The number of nitrogen functional groups attached to an aromatic ring is 1. The van der Waals surface area contributed by atoms with Crippen molar-refractivity contribution in [3.63, 3.8) is 0 Å². The molecule has 0 saturated heterocycles. The third-order valence-electron chi connectivity index (χ3n) is 2.85.